The maximum Gasteiger partial charge on any atom is 0.253 e. The molecular weight excluding hydrogens is 230 g/mol. The summed E-state index contributed by atoms with van der Waals surface area (Å²) in [4.78, 5) is 20.1. The zero-order valence-corrected chi connectivity index (χ0v) is 10.5. The van der Waals surface area contributed by atoms with Crippen LogP contribution in [0.1, 0.15) is 18.3 Å². The van der Waals surface area contributed by atoms with Gasteiger partial charge in [0.05, 0.1) is 25.2 Å². The number of aromatic nitrogens is 3. The van der Waals surface area contributed by atoms with Crippen LogP contribution in [-0.2, 0) is 6.54 Å². The Balaban J connectivity index is 2.23. The summed E-state index contributed by atoms with van der Waals surface area (Å²) in [7, 11) is 0. The summed E-state index contributed by atoms with van der Waals surface area (Å²) >= 11 is 0. The maximum absolute atomic E-state index is 11.7. The second kappa shape index (κ2) is 5.44. The molecule has 0 bridgehead atoms. The molecule has 5 heteroatoms. The van der Waals surface area contributed by atoms with Crippen LogP contribution >= 0.6 is 0 Å². The molecule has 2 aromatic heterocycles. The van der Waals surface area contributed by atoms with Crippen molar-refractivity contribution in [2.75, 3.05) is 6.61 Å². The van der Waals surface area contributed by atoms with Gasteiger partial charge < -0.3 is 4.74 Å². The number of pyridine rings is 1. The first-order valence-electron chi connectivity index (χ1n) is 5.81. The van der Waals surface area contributed by atoms with Crippen molar-refractivity contribution in [1.82, 2.24) is 14.5 Å². The molecule has 5 nitrogen and oxygen atoms in total. The van der Waals surface area contributed by atoms with E-state index in [1.54, 1.807) is 13.0 Å². The molecule has 18 heavy (non-hydrogen) atoms. The monoisotopic (exact) mass is 245 g/mol. The molecule has 0 fully saturated rings. The Morgan fingerprint density at radius 2 is 2.22 bits per heavy atom. The highest BCUT2D eigenvalue weighted by Crippen LogP contribution is 2.08. The largest absolute Gasteiger partial charge is 0.478 e. The molecule has 0 N–H and O–H groups in total. The molecule has 2 aromatic rings. The second-order valence-corrected chi connectivity index (χ2v) is 3.90. The summed E-state index contributed by atoms with van der Waals surface area (Å²) in [5, 5.41) is 0. The van der Waals surface area contributed by atoms with Gasteiger partial charge in [-0.3, -0.25) is 9.36 Å². The van der Waals surface area contributed by atoms with E-state index in [2.05, 4.69) is 9.97 Å². The normalized spacial score (nSPS) is 10.3. The van der Waals surface area contributed by atoms with E-state index in [0.717, 1.165) is 5.69 Å². The first-order valence-corrected chi connectivity index (χ1v) is 5.81. The third-order valence-electron chi connectivity index (χ3n) is 2.42. The van der Waals surface area contributed by atoms with Gasteiger partial charge >= 0.3 is 0 Å². The van der Waals surface area contributed by atoms with Crippen LogP contribution in [0.5, 0.6) is 5.88 Å². The molecule has 0 aliphatic carbocycles. The Morgan fingerprint density at radius 1 is 1.39 bits per heavy atom. The van der Waals surface area contributed by atoms with E-state index in [9.17, 15) is 4.79 Å². The second-order valence-electron chi connectivity index (χ2n) is 3.90. The van der Waals surface area contributed by atoms with Gasteiger partial charge in [-0.15, -0.1) is 0 Å². The highest BCUT2D eigenvalue weighted by molar-refractivity contribution is 5.16. The molecule has 94 valence electrons. The SMILES string of the molecule is CCOc1cccc(Cn2cnc(C)cc2=O)n1. The van der Waals surface area contributed by atoms with Gasteiger partial charge in [-0.1, -0.05) is 6.07 Å². The lowest BCUT2D eigenvalue weighted by Crippen LogP contribution is -2.21. The Morgan fingerprint density at radius 3 is 2.94 bits per heavy atom. The van der Waals surface area contributed by atoms with E-state index in [4.69, 9.17) is 4.74 Å². The van der Waals surface area contributed by atoms with Crippen molar-refractivity contribution < 1.29 is 4.74 Å². The van der Waals surface area contributed by atoms with Crippen LogP contribution in [-0.4, -0.2) is 21.1 Å². The number of nitrogens with zero attached hydrogens (tertiary/aromatic N) is 3. The zero-order chi connectivity index (χ0) is 13.0. The number of ether oxygens (including phenoxy) is 1. The number of aryl methyl sites for hydroxylation is 1. The molecule has 0 saturated carbocycles. The molecule has 0 atom stereocenters. The van der Waals surface area contributed by atoms with Crippen LogP contribution in [0.15, 0.2) is 35.4 Å². The van der Waals surface area contributed by atoms with Gasteiger partial charge in [0, 0.05) is 17.8 Å². The van der Waals surface area contributed by atoms with Crippen molar-refractivity contribution in [3.8, 4) is 5.88 Å². The highest BCUT2D eigenvalue weighted by Gasteiger charge is 2.02. The van der Waals surface area contributed by atoms with Gasteiger partial charge in [0.25, 0.3) is 5.56 Å². The minimum Gasteiger partial charge on any atom is -0.478 e. The van der Waals surface area contributed by atoms with Crippen molar-refractivity contribution in [1.29, 1.82) is 0 Å². The summed E-state index contributed by atoms with van der Waals surface area (Å²) in [5.41, 5.74) is 1.41. The quantitative estimate of drug-likeness (QED) is 0.816. The van der Waals surface area contributed by atoms with E-state index in [-0.39, 0.29) is 5.56 Å². The fourth-order valence-electron chi connectivity index (χ4n) is 1.58. The third-order valence-corrected chi connectivity index (χ3v) is 2.42. The van der Waals surface area contributed by atoms with Gasteiger partial charge in [-0.05, 0) is 19.9 Å². The number of rotatable bonds is 4. The Labute approximate surface area is 105 Å². The average Bonchev–Trinajstić information content (AvgIpc) is 2.34. The van der Waals surface area contributed by atoms with Gasteiger partial charge in [0.2, 0.25) is 5.88 Å². The molecule has 0 radical (unpaired) electrons. The maximum atomic E-state index is 11.7. The van der Waals surface area contributed by atoms with E-state index in [1.807, 2.05) is 19.1 Å². The fourth-order valence-corrected chi connectivity index (χ4v) is 1.58. The molecule has 0 spiro atoms. The van der Waals surface area contributed by atoms with E-state index < -0.39 is 0 Å². The summed E-state index contributed by atoms with van der Waals surface area (Å²) in [6, 6.07) is 7.02. The first kappa shape index (κ1) is 12.3. The zero-order valence-electron chi connectivity index (χ0n) is 10.5. The molecule has 2 rings (SSSR count). The van der Waals surface area contributed by atoms with Gasteiger partial charge in [-0.2, -0.15) is 0 Å². The third kappa shape index (κ3) is 2.94. The summed E-state index contributed by atoms with van der Waals surface area (Å²) in [5.74, 6) is 0.572. The predicted octanol–water partition coefficient (Wildman–Crippen LogP) is 1.39. The lowest BCUT2D eigenvalue weighted by Gasteiger charge is -2.07. The molecule has 0 aromatic carbocycles. The standard InChI is InChI=1S/C13H15N3O2/c1-3-18-12-6-4-5-11(15-12)8-16-9-14-10(2)7-13(16)17/h4-7,9H,3,8H2,1-2H3. The minimum absolute atomic E-state index is 0.0777. The lowest BCUT2D eigenvalue weighted by atomic mass is 10.3. The van der Waals surface area contributed by atoms with E-state index >= 15 is 0 Å². The molecule has 0 aliphatic rings. The van der Waals surface area contributed by atoms with Crippen LogP contribution in [0.4, 0.5) is 0 Å². The van der Waals surface area contributed by atoms with Crippen molar-refractivity contribution in [3.05, 3.63) is 52.3 Å². The minimum atomic E-state index is -0.0777. The highest BCUT2D eigenvalue weighted by atomic mass is 16.5. The van der Waals surface area contributed by atoms with E-state index in [0.29, 0.717) is 24.7 Å². The van der Waals surface area contributed by atoms with Crippen LogP contribution in [0.25, 0.3) is 0 Å². The molecular formula is C13H15N3O2. The Hall–Kier alpha value is -2.17. The molecule has 0 amide bonds. The van der Waals surface area contributed by atoms with Crippen molar-refractivity contribution >= 4 is 0 Å². The van der Waals surface area contributed by atoms with Crippen molar-refractivity contribution in [2.24, 2.45) is 0 Å². The van der Waals surface area contributed by atoms with E-state index in [1.165, 1.54) is 17.0 Å². The fraction of sp³-hybridized carbons (Fsp3) is 0.308. The van der Waals surface area contributed by atoms with Crippen LogP contribution in [0.2, 0.25) is 0 Å². The van der Waals surface area contributed by atoms with Crippen LogP contribution < -0.4 is 10.3 Å². The summed E-state index contributed by atoms with van der Waals surface area (Å²) < 4.78 is 6.84. The van der Waals surface area contributed by atoms with Gasteiger partial charge in [0.15, 0.2) is 0 Å². The first-order chi connectivity index (χ1) is 8.69. The predicted molar refractivity (Wildman–Crippen MR) is 67.7 cm³/mol. The average molecular weight is 245 g/mol. The molecule has 0 aliphatic heterocycles. The Bertz CT molecular complexity index is 593. The van der Waals surface area contributed by atoms with Crippen molar-refractivity contribution in [3.63, 3.8) is 0 Å². The summed E-state index contributed by atoms with van der Waals surface area (Å²) in [6.07, 6.45) is 1.53. The molecule has 0 unspecified atom stereocenters. The summed E-state index contributed by atoms with van der Waals surface area (Å²) in [6.45, 7) is 4.66. The number of hydrogen-bond donors (Lipinski definition) is 0. The Kier molecular flexibility index (Phi) is 3.72. The molecule has 2 heterocycles. The van der Waals surface area contributed by atoms with Gasteiger partial charge in [-0.25, -0.2) is 9.97 Å². The van der Waals surface area contributed by atoms with Gasteiger partial charge in [0.1, 0.15) is 0 Å². The van der Waals surface area contributed by atoms with Crippen LogP contribution in [0, 0.1) is 6.92 Å². The smallest absolute Gasteiger partial charge is 0.253 e. The number of hydrogen-bond acceptors (Lipinski definition) is 4. The molecule has 0 saturated heterocycles. The van der Waals surface area contributed by atoms with Crippen LogP contribution in [0.3, 0.4) is 0 Å². The van der Waals surface area contributed by atoms with Crippen molar-refractivity contribution in [2.45, 2.75) is 20.4 Å². The lowest BCUT2D eigenvalue weighted by molar-refractivity contribution is 0.325. The topological polar surface area (TPSA) is 57.0 Å².